The maximum Gasteiger partial charge on any atom is 0.326 e. The van der Waals surface area contributed by atoms with Gasteiger partial charge in [-0.2, -0.15) is 5.11 Å². The molecule has 1 N–H and O–H groups in total. The number of nitrogens with zero attached hydrogens (tertiary/aromatic N) is 3. The number of amides is 2. The van der Waals surface area contributed by atoms with E-state index < -0.39 is 23.7 Å². The van der Waals surface area contributed by atoms with Gasteiger partial charge >= 0.3 is 5.97 Å². The van der Waals surface area contributed by atoms with E-state index in [0.717, 1.165) is 4.90 Å². The first-order valence-electron chi connectivity index (χ1n) is 9.18. The minimum atomic E-state index is -0.677. The Balaban J connectivity index is 1.80. The number of thioether (sulfide) groups is 1. The molecule has 3 rings (SSSR count). The number of hydrogen-bond donors (Lipinski definition) is 1. The molecule has 0 spiro atoms. The molecule has 160 valence electrons. The van der Waals surface area contributed by atoms with Crippen molar-refractivity contribution in [2.75, 3.05) is 6.54 Å². The van der Waals surface area contributed by atoms with E-state index in [-0.39, 0.29) is 22.3 Å². The van der Waals surface area contributed by atoms with Gasteiger partial charge in [0, 0.05) is 5.56 Å². The van der Waals surface area contributed by atoms with Crippen LogP contribution < -0.4 is 0 Å². The SMILES string of the molecule is CC(C)OC(=O)CN1C(=O)S/C(=C\c2cc(N=Nc3ccccc3Cl)ccc2O)C1=O. The predicted octanol–water partition coefficient (Wildman–Crippen LogP) is 5.45. The summed E-state index contributed by atoms with van der Waals surface area (Å²) in [6.07, 6.45) is 1.00. The number of ether oxygens (including phenoxy) is 1. The van der Waals surface area contributed by atoms with E-state index in [0.29, 0.717) is 28.2 Å². The average Bonchev–Trinajstić information content (AvgIpc) is 2.96. The molecule has 1 heterocycles. The summed E-state index contributed by atoms with van der Waals surface area (Å²) in [7, 11) is 0. The molecule has 2 aromatic rings. The summed E-state index contributed by atoms with van der Waals surface area (Å²) in [6.45, 7) is 2.87. The molecule has 8 nitrogen and oxygen atoms in total. The largest absolute Gasteiger partial charge is 0.507 e. The first-order valence-corrected chi connectivity index (χ1v) is 10.4. The van der Waals surface area contributed by atoms with Crippen molar-refractivity contribution >= 4 is 57.9 Å². The second kappa shape index (κ2) is 9.76. The van der Waals surface area contributed by atoms with Crippen molar-refractivity contribution in [1.82, 2.24) is 4.90 Å². The summed E-state index contributed by atoms with van der Waals surface area (Å²) in [5.74, 6) is -1.43. The molecule has 0 unspecified atom stereocenters. The maximum absolute atomic E-state index is 12.6. The Kier molecular flexibility index (Phi) is 7.09. The van der Waals surface area contributed by atoms with Gasteiger partial charge in [0.1, 0.15) is 18.0 Å². The zero-order chi connectivity index (χ0) is 22.5. The van der Waals surface area contributed by atoms with E-state index in [4.69, 9.17) is 16.3 Å². The van der Waals surface area contributed by atoms with Gasteiger partial charge in [0.2, 0.25) is 0 Å². The van der Waals surface area contributed by atoms with E-state index in [1.54, 1.807) is 44.2 Å². The number of rotatable bonds is 6. The lowest BCUT2D eigenvalue weighted by atomic mass is 10.1. The number of phenolic OH excluding ortho intramolecular Hbond substituents is 1. The Morgan fingerprint density at radius 3 is 2.68 bits per heavy atom. The molecule has 0 bridgehead atoms. The minimum absolute atomic E-state index is 0.0674. The van der Waals surface area contributed by atoms with Gasteiger partial charge in [-0.25, -0.2) is 0 Å². The quantitative estimate of drug-likeness (QED) is 0.349. The van der Waals surface area contributed by atoms with Gasteiger partial charge in [-0.15, -0.1) is 5.11 Å². The molecule has 0 saturated carbocycles. The molecule has 2 aromatic carbocycles. The zero-order valence-electron chi connectivity index (χ0n) is 16.6. The van der Waals surface area contributed by atoms with E-state index in [9.17, 15) is 19.5 Å². The fourth-order valence-electron chi connectivity index (χ4n) is 2.57. The third-order valence-electron chi connectivity index (χ3n) is 3.95. The van der Waals surface area contributed by atoms with Crippen LogP contribution in [0.4, 0.5) is 16.2 Å². The number of esters is 1. The number of hydrogen-bond acceptors (Lipinski definition) is 8. The second-order valence-electron chi connectivity index (χ2n) is 6.70. The van der Waals surface area contributed by atoms with Crippen LogP contribution in [0.25, 0.3) is 6.08 Å². The maximum atomic E-state index is 12.6. The van der Waals surface area contributed by atoms with E-state index in [1.165, 1.54) is 18.2 Å². The molecule has 0 radical (unpaired) electrons. The van der Waals surface area contributed by atoms with Gasteiger partial charge in [-0.3, -0.25) is 19.3 Å². The van der Waals surface area contributed by atoms with Crippen molar-refractivity contribution in [3.05, 3.63) is 58.0 Å². The lowest BCUT2D eigenvalue weighted by molar-refractivity contribution is -0.149. The second-order valence-corrected chi connectivity index (χ2v) is 8.10. The van der Waals surface area contributed by atoms with Crippen molar-refractivity contribution in [2.45, 2.75) is 20.0 Å². The summed E-state index contributed by atoms with van der Waals surface area (Å²) in [5, 5.41) is 18.2. The van der Waals surface area contributed by atoms with Gasteiger partial charge in [-0.1, -0.05) is 23.7 Å². The number of halogens is 1. The van der Waals surface area contributed by atoms with E-state index in [1.807, 2.05) is 0 Å². The van der Waals surface area contributed by atoms with Crippen LogP contribution in [-0.4, -0.2) is 39.8 Å². The molecule has 0 aliphatic carbocycles. The lowest BCUT2D eigenvalue weighted by Crippen LogP contribution is -2.35. The normalized spacial score (nSPS) is 15.5. The predicted molar refractivity (Wildman–Crippen MR) is 118 cm³/mol. The van der Waals surface area contributed by atoms with Crippen molar-refractivity contribution in [2.24, 2.45) is 10.2 Å². The molecule has 31 heavy (non-hydrogen) atoms. The van der Waals surface area contributed by atoms with Gasteiger partial charge in [0.25, 0.3) is 11.1 Å². The van der Waals surface area contributed by atoms with Crippen LogP contribution in [-0.2, 0) is 14.3 Å². The van der Waals surface area contributed by atoms with Crippen LogP contribution in [0.1, 0.15) is 19.4 Å². The molecule has 1 fully saturated rings. The van der Waals surface area contributed by atoms with E-state index in [2.05, 4.69) is 10.2 Å². The van der Waals surface area contributed by atoms with Crippen molar-refractivity contribution < 1.29 is 24.2 Å². The van der Waals surface area contributed by atoms with Gasteiger partial charge in [0.15, 0.2) is 0 Å². The standard InChI is InChI=1S/C21H18ClN3O5S/c1-12(2)30-19(27)11-25-20(28)18(31-21(25)29)10-13-9-14(7-8-17(13)26)23-24-16-6-4-3-5-15(16)22/h3-10,12,26H,11H2,1-2H3/b18-10-,24-23?. The van der Waals surface area contributed by atoms with E-state index >= 15 is 0 Å². The fraction of sp³-hybridized carbons (Fsp3) is 0.190. The molecule has 1 aliphatic heterocycles. The van der Waals surface area contributed by atoms with Gasteiger partial charge in [0.05, 0.1) is 21.7 Å². The molecular weight excluding hydrogens is 442 g/mol. The number of imide groups is 1. The summed E-state index contributed by atoms with van der Waals surface area (Å²) in [5.41, 5.74) is 1.16. The van der Waals surface area contributed by atoms with Gasteiger partial charge in [-0.05, 0) is 62.0 Å². The Morgan fingerprint density at radius 1 is 1.23 bits per heavy atom. The Hall–Kier alpha value is -3.17. The summed E-state index contributed by atoms with van der Waals surface area (Å²) in [6, 6.07) is 11.4. The molecular formula is C21H18ClN3O5S. The zero-order valence-corrected chi connectivity index (χ0v) is 18.2. The smallest absolute Gasteiger partial charge is 0.326 e. The highest BCUT2D eigenvalue weighted by molar-refractivity contribution is 8.18. The summed E-state index contributed by atoms with van der Waals surface area (Å²) >= 11 is 6.73. The Morgan fingerprint density at radius 2 is 1.97 bits per heavy atom. The molecule has 0 atom stereocenters. The van der Waals surface area contributed by atoms with Crippen molar-refractivity contribution in [3.8, 4) is 5.75 Å². The molecule has 10 heteroatoms. The highest BCUT2D eigenvalue weighted by atomic mass is 35.5. The highest BCUT2D eigenvalue weighted by Crippen LogP contribution is 2.35. The van der Waals surface area contributed by atoms with Crippen LogP contribution in [0.3, 0.4) is 0 Å². The van der Waals surface area contributed by atoms with Crippen molar-refractivity contribution in [3.63, 3.8) is 0 Å². The lowest BCUT2D eigenvalue weighted by Gasteiger charge is -2.13. The van der Waals surface area contributed by atoms with Crippen LogP contribution in [0.2, 0.25) is 5.02 Å². The molecule has 2 amide bonds. The summed E-state index contributed by atoms with van der Waals surface area (Å²) < 4.78 is 4.98. The van der Waals surface area contributed by atoms with Gasteiger partial charge < -0.3 is 9.84 Å². The molecule has 0 aromatic heterocycles. The number of phenols is 1. The number of benzene rings is 2. The Labute approximate surface area is 187 Å². The Bertz CT molecular complexity index is 1100. The number of azo groups is 1. The third kappa shape index (κ3) is 5.71. The first-order chi connectivity index (χ1) is 14.7. The average molecular weight is 460 g/mol. The van der Waals surface area contributed by atoms with Crippen LogP contribution in [0, 0.1) is 0 Å². The number of carbonyl (C=O) groups is 3. The minimum Gasteiger partial charge on any atom is -0.507 e. The van der Waals surface area contributed by atoms with Crippen molar-refractivity contribution in [1.29, 1.82) is 0 Å². The summed E-state index contributed by atoms with van der Waals surface area (Å²) in [4.78, 5) is 37.4. The first kappa shape index (κ1) is 22.5. The van der Waals surface area contributed by atoms with Crippen LogP contribution >= 0.6 is 23.4 Å². The molecule has 1 saturated heterocycles. The molecule has 1 aliphatic rings. The van der Waals surface area contributed by atoms with Crippen LogP contribution in [0.15, 0.2) is 57.6 Å². The van der Waals surface area contributed by atoms with Crippen LogP contribution in [0.5, 0.6) is 5.75 Å². The fourth-order valence-corrected chi connectivity index (χ4v) is 3.57. The third-order valence-corrected chi connectivity index (χ3v) is 5.18. The number of carbonyl (C=O) groups excluding carboxylic acids is 3. The monoisotopic (exact) mass is 459 g/mol. The number of aromatic hydroxyl groups is 1. The topological polar surface area (TPSA) is 109 Å². The highest BCUT2D eigenvalue weighted by Gasteiger charge is 2.37.